The number of ether oxygens (including phenoxy) is 1. The summed E-state index contributed by atoms with van der Waals surface area (Å²) >= 11 is 0. The van der Waals surface area contributed by atoms with Gasteiger partial charge in [0.25, 0.3) is 0 Å². The Kier molecular flexibility index (Phi) is 3.58. The molecule has 6 heteroatoms. The zero-order valence-electron chi connectivity index (χ0n) is 10.6. The van der Waals surface area contributed by atoms with E-state index in [1.807, 2.05) is 0 Å². The highest BCUT2D eigenvalue weighted by Crippen LogP contribution is 2.20. The minimum atomic E-state index is -0.474. The maximum atomic E-state index is 9.83. The molecule has 100 valence electrons. The molecule has 18 heavy (non-hydrogen) atoms. The summed E-state index contributed by atoms with van der Waals surface area (Å²) in [5, 5.41) is 14.2. The monoisotopic (exact) mass is 252 g/mol. The van der Waals surface area contributed by atoms with Crippen molar-refractivity contribution in [1.29, 1.82) is 0 Å². The predicted octanol–water partition coefficient (Wildman–Crippen LogP) is -0.0200. The first-order valence-corrected chi connectivity index (χ1v) is 6.75. The van der Waals surface area contributed by atoms with Crippen molar-refractivity contribution in [1.82, 2.24) is 19.7 Å². The van der Waals surface area contributed by atoms with Crippen LogP contribution in [-0.2, 0) is 17.6 Å². The SMILES string of the molecule is OC1CCCc2nc(CCN3CCOCC3)nn21. The minimum absolute atomic E-state index is 0.474. The molecule has 0 aromatic carbocycles. The van der Waals surface area contributed by atoms with Crippen molar-refractivity contribution in [2.45, 2.75) is 31.9 Å². The van der Waals surface area contributed by atoms with Crippen molar-refractivity contribution in [2.75, 3.05) is 32.8 Å². The molecule has 0 bridgehead atoms. The van der Waals surface area contributed by atoms with E-state index >= 15 is 0 Å². The summed E-state index contributed by atoms with van der Waals surface area (Å²) in [6.45, 7) is 4.62. The molecule has 0 saturated carbocycles. The number of morpholine rings is 1. The van der Waals surface area contributed by atoms with Crippen LogP contribution < -0.4 is 0 Å². The highest BCUT2D eigenvalue weighted by Gasteiger charge is 2.21. The first-order valence-electron chi connectivity index (χ1n) is 6.75. The summed E-state index contributed by atoms with van der Waals surface area (Å²) in [6.07, 6.45) is 3.11. The van der Waals surface area contributed by atoms with Crippen LogP contribution in [0.1, 0.15) is 30.7 Å². The second-order valence-electron chi connectivity index (χ2n) is 4.97. The minimum Gasteiger partial charge on any atom is -0.379 e. The molecule has 2 aliphatic heterocycles. The molecule has 2 aliphatic rings. The Bertz CT molecular complexity index is 401. The van der Waals surface area contributed by atoms with Crippen molar-refractivity contribution in [2.24, 2.45) is 0 Å². The summed E-state index contributed by atoms with van der Waals surface area (Å²) in [6, 6.07) is 0. The van der Waals surface area contributed by atoms with Crippen LogP contribution in [0.3, 0.4) is 0 Å². The zero-order valence-corrected chi connectivity index (χ0v) is 10.6. The fraction of sp³-hybridized carbons (Fsp3) is 0.833. The van der Waals surface area contributed by atoms with Crippen molar-refractivity contribution >= 4 is 0 Å². The van der Waals surface area contributed by atoms with Crippen LogP contribution in [0.15, 0.2) is 0 Å². The summed E-state index contributed by atoms with van der Waals surface area (Å²) in [5.41, 5.74) is 0. The molecule has 3 rings (SSSR count). The molecule has 0 spiro atoms. The van der Waals surface area contributed by atoms with Gasteiger partial charge in [-0.1, -0.05) is 0 Å². The van der Waals surface area contributed by atoms with Crippen LogP contribution >= 0.6 is 0 Å². The number of fused-ring (bicyclic) bond motifs is 1. The van der Waals surface area contributed by atoms with Crippen molar-refractivity contribution in [3.05, 3.63) is 11.6 Å². The van der Waals surface area contributed by atoms with Crippen LogP contribution in [-0.4, -0.2) is 57.6 Å². The van der Waals surface area contributed by atoms with Crippen LogP contribution in [0.2, 0.25) is 0 Å². The highest BCUT2D eigenvalue weighted by molar-refractivity contribution is 4.97. The number of aryl methyl sites for hydroxylation is 1. The van der Waals surface area contributed by atoms with Gasteiger partial charge in [-0.05, 0) is 12.8 Å². The smallest absolute Gasteiger partial charge is 0.152 e. The summed E-state index contributed by atoms with van der Waals surface area (Å²) in [7, 11) is 0. The van der Waals surface area contributed by atoms with Gasteiger partial charge in [-0.25, -0.2) is 9.67 Å². The quantitative estimate of drug-likeness (QED) is 0.819. The summed E-state index contributed by atoms with van der Waals surface area (Å²) in [5.74, 6) is 1.79. The standard InChI is InChI=1S/C12H20N4O2/c17-12-3-1-2-11-13-10(14-16(11)12)4-5-15-6-8-18-9-7-15/h12,17H,1-9H2. The van der Waals surface area contributed by atoms with Gasteiger partial charge < -0.3 is 9.84 Å². The lowest BCUT2D eigenvalue weighted by atomic mass is 10.1. The van der Waals surface area contributed by atoms with E-state index in [-0.39, 0.29) is 0 Å². The van der Waals surface area contributed by atoms with Crippen molar-refractivity contribution in [3.63, 3.8) is 0 Å². The second kappa shape index (κ2) is 5.34. The van der Waals surface area contributed by atoms with Gasteiger partial charge in [-0.15, -0.1) is 0 Å². The van der Waals surface area contributed by atoms with Gasteiger partial charge in [0.05, 0.1) is 13.2 Å². The van der Waals surface area contributed by atoms with E-state index in [0.717, 1.165) is 70.2 Å². The largest absolute Gasteiger partial charge is 0.379 e. The Balaban J connectivity index is 1.59. The number of aliphatic hydroxyl groups is 1. The zero-order chi connectivity index (χ0) is 12.4. The van der Waals surface area contributed by atoms with Gasteiger partial charge in [0.15, 0.2) is 5.82 Å². The van der Waals surface area contributed by atoms with Crippen molar-refractivity contribution < 1.29 is 9.84 Å². The molecule has 1 aromatic heterocycles. The molecule has 6 nitrogen and oxygen atoms in total. The Morgan fingerprint density at radius 1 is 1.33 bits per heavy atom. The fourth-order valence-corrected chi connectivity index (χ4v) is 2.57. The second-order valence-corrected chi connectivity index (χ2v) is 4.97. The predicted molar refractivity (Wildman–Crippen MR) is 65.2 cm³/mol. The lowest BCUT2D eigenvalue weighted by Crippen LogP contribution is -2.37. The lowest BCUT2D eigenvalue weighted by molar-refractivity contribution is 0.0381. The number of rotatable bonds is 3. The van der Waals surface area contributed by atoms with Gasteiger partial charge in [0.1, 0.15) is 12.1 Å². The fourth-order valence-electron chi connectivity index (χ4n) is 2.57. The van der Waals surface area contributed by atoms with Gasteiger partial charge in [0.2, 0.25) is 0 Å². The Hall–Kier alpha value is -0.980. The van der Waals surface area contributed by atoms with Crippen molar-refractivity contribution in [3.8, 4) is 0 Å². The van der Waals surface area contributed by atoms with Gasteiger partial charge >= 0.3 is 0 Å². The van der Waals surface area contributed by atoms with E-state index in [0.29, 0.717) is 0 Å². The number of hydrogen-bond donors (Lipinski definition) is 1. The molecule has 1 N–H and O–H groups in total. The summed E-state index contributed by atoms with van der Waals surface area (Å²) < 4.78 is 7.01. The van der Waals surface area contributed by atoms with Gasteiger partial charge in [-0.2, -0.15) is 5.10 Å². The lowest BCUT2D eigenvalue weighted by Gasteiger charge is -2.25. The van der Waals surface area contributed by atoms with Crippen LogP contribution in [0.25, 0.3) is 0 Å². The molecule has 1 saturated heterocycles. The third-order valence-corrected chi connectivity index (χ3v) is 3.65. The van der Waals surface area contributed by atoms with E-state index in [9.17, 15) is 5.11 Å². The van der Waals surface area contributed by atoms with Crippen LogP contribution in [0.4, 0.5) is 0 Å². The molecular weight excluding hydrogens is 232 g/mol. The van der Waals surface area contributed by atoms with E-state index in [4.69, 9.17) is 4.74 Å². The molecule has 1 fully saturated rings. The number of aliphatic hydroxyl groups excluding tert-OH is 1. The Morgan fingerprint density at radius 2 is 2.17 bits per heavy atom. The average molecular weight is 252 g/mol. The third kappa shape index (κ3) is 2.55. The molecule has 0 amide bonds. The van der Waals surface area contributed by atoms with Crippen LogP contribution in [0, 0.1) is 0 Å². The first-order chi connectivity index (χ1) is 8.83. The van der Waals surface area contributed by atoms with Gasteiger partial charge in [-0.3, -0.25) is 4.90 Å². The molecule has 1 aromatic rings. The molecular formula is C12H20N4O2. The molecule has 1 atom stereocenters. The van der Waals surface area contributed by atoms with E-state index in [1.54, 1.807) is 4.68 Å². The molecule has 3 heterocycles. The van der Waals surface area contributed by atoms with E-state index < -0.39 is 6.23 Å². The van der Waals surface area contributed by atoms with Gasteiger partial charge in [0, 0.05) is 32.5 Å². The number of nitrogens with zero attached hydrogens (tertiary/aromatic N) is 4. The molecule has 0 radical (unpaired) electrons. The highest BCUT2D eigenvalue weighted by atomic mass is 16.5. The summed E-state index contributed by atoms with van der Waals surface area (Å²) in [4.78, 5) is 6.89. The normalized spacial score (nSPS) is 25.1. The number of aromatic nitrogens is 3. The number of hydrogen-bond acceptors (Lipinski definition) is 5. The molecule has 1 unspecified atom stereocenters. The molecule has 0 aliphatic carbocycles. The Morgan fingerprint density at radius 3 is 2.94 bits per heavy atom. The topological polar surface area (TPSA) is 63.4 Å². The first kappa shape index (κ1) is 12.1. The maximum Gasteiger partial charge on any atom is 0.152 e. The van der Waals surface area contributed by atoms with Crippen LogP contribution in [0.5, 0.6) is 0 Å². The maximum absolute atomic E-state index is 9.83. The van der Waals surface area contributed by atoms with E-state index in [2.05, 4.69) is 15.0 Å². The average Bonchev–Trinajstić information content (AvgIpc) is 2.82. The third-order valence-electron chi connectivity index (χ3n) is 3.65. The Labute approximate surface area is 107 Å². The van der Waals surface area contributed by atoms with E-state index in [1.165, 1.54) is 0 Å².